The van der Waals surface area contributed by atoms with Crippen molar-refractivity contribution in [2.24, 2.45) is 0 Å². The van der Waals surface area contributed by atoms with Crippen molar-refractivity contribution in [2.45, 2.75) is 0 Å². The average molecular weight is 559 g/mol. The van der Waals surface area contributed by atoms with E-state index in [0.717, 1.165) is 5.69 Å². The maximum Gasteiger partial charge on any atom is 0.272 e. The van der Waals surface area contributed by atoms with Crippen molar-refractivity contribution >= 4 is 23.0 Å². The highest BCUT2D eigenvalue weighted by atomic mass is 16.6. The molecule has 3 aromatic carbocycles. The van der Waals surface area contributed by atoms with Crippen molar-refractivity contribution in [3.63, 3.8) is 0 Å². The van der Waals surface area contributed by atoms with Gasteiger partial charge in [0.05, 0.1) is 35.4 Å². The normalized spacial score (nSPS) is 13.1. The maximum absolute atomic E-state index is 13.8. The highest BCUT2D eigenvalue weighted by Crippen LogP contribution is 2.34. The first-order chi connectivity index (χ1) is 19.8. The third-order valence-electron chi connectivity index (χ3n) is 6.91. The number of carbonyl (C=O) groups excluding carboxylic acids is 1. The fourth-order valence-corrected chi connectivity index (χ4v) is 4.70. The third kappa shape index (κ3) is 5.50. The number of methoxy groups -OCH3 is 2. The molecule has 41 heavy (non-hydrogen) atoms. The summed E-state index contributed by atoms with van der Waals surface area (Å²) in [7, 11) is 3.08. The Balaban J connectivity index is 1.45. The number of hydrogen-bond acceptors (Lipinski definition) is 9. The summed E-state index contributed by atoms with van der Waals surface area (Å²) in [4.78, 5) is 38.9. The second-order valence-corrected chi connectivity index (χ2v) is 9.22. The molecule has 0 atom stereocenters. The van der Waals surface area contributed by atoms with Crippen LogP contribution in [0, 0.1) is 20.2 Å². The summed E-state index contributed by atoms with van der Waals surface area (Å²) >= 11 is 0. The Morgan fingerprint density at radius 2 is 1.37 bits per heavy atom. The Morgan fingerprint density at radius 3 is 1.90 bits per heavy atom. The summed E-state index contributed by atoms with van der Waals surface area (Å²) < 4.78 is 12.3. The van der Waals surface area contributed by atoms with E-state index in [9.17, 15) is 25.0 Å². The second-order valence-electron chi connectivity index (χ2n) is 9.22. The first kappa shape index (κ1) is 27.1. The summed E-state index contributed by atoms with van der Waals surface area (Å²) in [6, 6.07) is 19.1. The highest BCUT2D eigenvalue weighted by Gasteiger charge is 2.27. The van der Waals surface area contributed by atoms with Gasteiger partial charge in [0.1, 0.15) is 17.2 Å². The van der Waals surface area contributed by atoms with Gasteiger partial charge in [-0.15, -0.1) is 0 Å². The summed E-state index contributed by atoms with van der Waals surface area (Å²) in [5.74, 6) is 0.855. The molecule has 13 nitrogen and oxygen atoms in total. The molecule has 0 saturated carbocycles. The molecule has 2 heterocycles. The average Bonchev–Trinajstić information content (AvgIpc) is 3.45. The SMILES string of the molecule is COc1ccc(-c2cc(C(=O)N3CCN(c4ccc([N+](=O)[O-])cc4)CC3)n(-c3ccc([N+](=O)[O-])cc3)n2)c(OC)c1. The minimum atomic E-state index is -0.489. The van der Waals surface area contributed by atoms with Gasteiger partial charge >= 0.3 is 0 Å². The second kappa shape index (κ2) is 11.3. The molecule has 4 aromatic rings. The van der Waals surface area contributed by atoms with Crippen LogP contribution < -0.4 is 14.4 Å². The Morgan fingerprint density at radius 1 is 0.780 bits per heavy atom. The molecule has 0 spiro atoms. The number of piperazine rings is 1. The Kier molecular flexibility index (Phi) is 7.50. The van der Waals surface area contributed by atoms with Crippen LogP contribution in [0.4, 0.5) is 17.1 Å². The van der Waals surface area contributed by atoms with E-state index in [0.29, 0.717) is 54.6 Å². The highest BCUT2D eigenvalue weighted by molar-refractivity contribution is 5.95. The standard InChI is InChI=1S/C28H26N6O7/c1-40-23-11-12-24(27(17-23)41-2)25-18-26(32(29-25)20-5-9-22(10-6-20)34(38)39)28(35)31-15-13-30(14-16-31)19-3-7-21(8-4-19)33(36)37/h3-12,17-18H,13-16H2,1-2H3. The number of non-ortho nitro benzene ring substituents is 2. The zero-order valence-corrected chi connectivity index (χ0v) is 22.3. The Hall–Kier alpha value is -5.46. The molecule has 1 aromatic heterocycles. The zero-order valence-electron chi connectivity index (χ0n) is 22.3. The summed E-state index contributed by atoms with van der Waals surface area (Å²) in [6.07, 6.45) is 0. The van der Waals surface area contributed by atoms with E-state index in [4.69, 9.17) is 14.6 Å². The molecule has 0 unspecified atom stereocenters. The smallest absolute Gasteiger partial charge is 0.272 e. The first-order valence-corrected chi connectivity index (χ1v) is 12.6. The lowest BCUT2D eigenvalue weighted by atomic mass is 10.1. The van der Waals surface area contributed by atoms with Gasteiger partial charge in [0.15, 0.2) is 0 Å². The molecule has 1 aliphatic rings. The summed E-state index contributed by atoms with van der Waals surface area (Å²) in [6.45, 7) is 1.91. The van der Waals surface area contributed by atoms with Gasteiger partial charge in [0.25, 0.3) is 17.3 Å². The third-order valence-corrected chi connectivity index (χ3v) is 6.91. The van der Waals surface area contributed by atoms with Crippen LogP contribution in [0.15, 0.2) is 72.8 Å². The molecule has 1 fully saturated rings. The van der Waals surface area contributed by atoms with E-state index in [2.05, 4.69) is 4.90 Å². The molecule has 13 heteroatoms. The number of rotatable bonds is 8. The lowest BCUT2D eigenvalue weighted by Crippen LogP contribution is -2.49. The van der Waals surface area contributed by atoms with Crippen molar-refractivity contribution in [1.29, 1.82) is 0 Å². The van der Waals surface area contributed by atoms with Gasteiger partial charge in [-0.2, -0.15) is 5.10 Å². The van der Waals surface area contributed by atoms with Gasteiger partial charge in [0, 0.05) is 67.8 Å². The number of nitrogens with zero attached hydrogens (tertiary/aromatic N) is 6. The predicted molar refractivity (Wildman–Crippen MR) is 150 cm³/mol. The molecule has 1 saturated heterocycles. The van der Waals surface area contributed by atoms with Crippen molar-refractivity contribution in [2.75, 3.05) is 45.3 Å². The van der Waals surface area contributed by atoms with Crippen molar-refractivity contribution in [3.05, 3.63) is 98.7 Å². The van der Waals surface area contributed by atoms with Gasteiger partial charge < -0.3 is 19.3 Å². The molecule has 1 amide bonds. The Bertz CT molecular complexity index is 1590. The van der Waals surface area contributed by atoms with Crippen LogP contribution in [0.5, 0.6) is 11.5 Å². The number of nitro groups is 2. The molecular weight excluding hydrogens is 532 g/mol. The largest absolute Gasteiger partial charge is 0.497 e. The maximum atomic E-state index is 13.8. The number of hydrogen-bond donors (Lipinski definition) is 0. The van der Waals surface area contributed by atoms with E-state index in [-0.39, 0.29) is 23.0 Å². The number of nitro benzene ring substituents is 2. The van der Waals surface area contributed by atoms with Crippen LogP contribution in [0.2, 0.25) is 0 Å². The zero-order chi connectivity index (χ0) is 29.1. The lowest BCUT2D eigenvalue weighted by molar-refractivity contribution is -0.385. The summed E-state index contributed by atoms with van der Waals surface area (Å²) in [5, 5.41) is 26.9. The molecule has 210 valence electrons. The van der Waals surface area contributed by atoms with Gasteiger partial charge in [-0.25, -0.2) is 4.68 Å². The number of aromatic nitrogens is 2. The number of amides is 1. The number of anilines is 1. The van der Waals surface area contributed by atoms with Crippen molar-refractivity contribution in [1.82, 2.24) is 14.7 Å². The van der Waals surface area contributed by atoms with Gasteiger partial charge in [-0.3, -0.25) is 25.0 Å². The van der Waals surface area contributed by atoms with Crippen molar-refractivity contribution in [3.8, 4) is 28.4 Å². The molecule has 0 radical (unpaired) electrons. The lowest BCUT2D eigenvalue weighted by Gasteiger charge is -2.36. The molecule has 0 aliphatic carbocycles. The van der Waals surface area contributed by atoms with Crippen LogP contribution in [0.3, 0.4) is 0 Å². The molecule has 0 N–H and O–H groups in total. The number of ether oxygens (including phenoxy) is 2. The molecular formula is C28H26N6O7. The van der Waals surface area contributed by atoms with Gasteiger partial charge in [0.2, 0.25) is 0 Å². The van der Waals surface area contributed by atoms with E-state index in [1.807, 2.05) is 0 Å². The van der Waals surface area contributed by atoms with E-state index >= 15 is 0 Å². The predicted octanol–water partition coefficient (Wildman–Crippen LogP) is 4.34. The van der Waals surface area contributed by atoms with Crippen LogP contribution in [0.25, 0.3) is 16.9 Å². The van der Waals surface area contributed by atoms with E-state index in [1.54, 1.807) is 60.5 Å². The fraction of sp³-hybridized carbons (Fsp3) is 0.214. The first-order valence-electron chi connectivity index (χ1n) is 12.6. The van der Waals surface area contributed by atoms with Crippen LogP contribution in [-0.2, 0) is 0 Å². The van der Waals surface area contributed by atoms with E-state index < -0.39 is 9.85 Å². The van der Waals surface area contributed by atoms with Crippen LogP contribution in [-0.4, -0.2) is 70.8 Å². The quantitative estimate of drug-likeness (QED) is 0.228. The fourth-order valence-electron chi connectivity index (χ4n) is 4.70. The van der Waals surface area contributed by atoms with Crippen LogP contribution >= 0.6 is 0 Å². The topological polar surface area (TPSA) is 146 Å². The van der Waals surface area contributed by atoms with Crippen molar-refractivity contribution < 1.29 is 24.1 Å². The number of benzene rings is 3. The minimum Gasteiger partial charge on any atom is -0.497 e. The van der Waals surface area contributed by atoms with Gasteiger partial charge in [-0.05, 0) is 42.5 Å². The minimum absolute atomic E-state index is 0.0198. The molecule has 0 bridgehead atoms. The summed E-state index contributed by atoms with van der Waals surface area (Å²) in [5.41, 5.74) is 2.69. The number of carbonyl (C=O) groups is 1. The van der Waals surface area contributed by atoms with Gasteiger partial charge in [-0.1, -0.05) is 0 Å². The Labute approximate surface area is 234 Å². The van der Waals surface area contributed by atoms with Crippen LogP contribution in [0.1, 0.15) is 10.5 Å². The molecule has 5 rings (SSSR count). The molecule has 1 aliphatic heterocycles. The van der Waals surface area contributed by atoms with E-state index in [1.165, 1.54) is 36.1 Å². The monoisotopic (exact) mass is 558 g/mol.